The van der Waals surface area contributed by atoms with Crippen molar-refractivity contribution in [3.05, 3.63) is 61.7 Å². The van der Waals surface area contributed by atoms with E-state index in [2.05, 4.69) is 33.2 Å². The quantitative estimate of drug-likeness (QED) is 0.522. The summed E-state index contributed by atoms with van der Waals surface area (Å²) in [5.74, 6) is -0.245. The van der Waals surface area contributed by atoms with Crippen LogP contribution >= 0.6 is 46.4 Å². The van der Waals surface area contributed by atoms with Gasteiger partial charge in [-0.15, -0.1) is 0 Å². The summed E-state index contributed by atoms with van der Waals surface area (Å²) >= 11 is 13.5. The number of hydrogen-bond donors (Lipinski definition) is 2. The number of benzene rings is 2. The van der Waals surface area contributed by atoms with Gasteiger partial charge in [0.15, 0.2) is 5.11 Å². The fraction of sp³-hybridized carbons (Fsp3) is 0.125. The van der Waals surface area contributed by atoms with Gasteiger partial charge in [0.1, 0.15) is 0 Å². The molecule has 0 saturated heterocycles. The number of rotatable bonds is 2. The SMILES string of the molecule is Cc1cc(C)cc(C(=O)NC(=S)Nc2ccc(I)cc2Cl)c1. The van der Waals surface area contributed by atoms with Crippen LogP contribution < -0.4 is 10.6 Å². The number of hydrogen-bond acceptors (Lipinski definition) is 2. The van der Waals surface area contributed by atoms with E-state index >= 15 is 0 Å². The van der Waals surface area contributed by atoms with Gasteiger partial charge in [-0.25, -0.2) is 0 Å². The predicted molar refractivity (Wildman–Crippen MR) is 104 cm³/mol. The molecule has 0 heterocycles. The maximum atomic E-state index is 12.2. The minimum atomic E-state index is -0.245. The van der Waals surface area contributed by atoms with Gasteiger partial charge in [0.2, 0.25) is 0 Å². The van der Waals surface area contributed by atoms with Crippen LogP contribution in [0.25, 0.3) is 0 Å². The average molecular weight is 445 g/mol. The van der Waals surface area contributed by atoms with Crippen LogP contribution in [-0.2, 0) is 0 Å². The molecule has 2 aromatic rings. The Hall–Kier alpha value is -1.18. The van der Waals surface area contributed by atoms with Crippen LogP contribution in [0.15, 0.2) is 36.4 Å². The molecule has 114 valence electrons. The van der Waals surface area contributed by atoms with Gasteiger partial charge in [0, 0.05) is 9.13 Å². The third kappa shape index (κ3) is 4.66. The standard InChI is InChI=1S/C16H14ClIN2OS/c1-9-5-10(2)7-11(6-9)15(21)20-16(22)19-14-4-3-12(18)8-13(14)17/h3-8H,1-2H3,(H2,19,20,21,22). The molecule has 0 aromatic heterocycles. The molecule has 2 N–H and O–H groups in total. The normalized spacial score (nSPS) is 10.2. The number of halogens is 2. The molecule has 0 radical (unpaired) electrons. The highest BCUT2D eigenvalue weighted by molar-refractivity contribution is 14.1. The molecule has 0 unspecified atom stereocenters. The fourth-order valence-corrected chi connectivity index (χ4v) is 3.13. The lowest BCUT2D eigenvalue weighted by atomic mass is 10.1. The predicted octanol–water partition coefficient (Wildman–Crippen LogP) is 4.69. The molecule has 0 aliphatic rings. The number of nitrogens with one attached hydrogen (secondary N) is 2. The molecule has 6 heteroatoms. The first-order chi connectivity index (χ1) is 10.3. The largest absolute Gasteiger partial charge is 0.331 e. The van der Waals surface area contributed by atoms with Gasteiger partial charge in [0.05, 0.1) is 10.7 Å². The first kappa shape index (κ1) is 17.2. The van der Waals surface area contributed by atoms with Crippen molar-refractivity contribution >= 4 is 63.1 Å². The van der Waals surface area contributed by atoms with Gasteiger partial charge in [0.25, 0.3) is 5.91 Å². The first-order valence-electron chi connectivity index (χ1n) is 6.51. The minimum absolute atomic E-state index is 0.215. The Morgan fingerprint density at radius 2 is 1.77 bits per heavy atom. The lowest BCUT2D eigenvalue weighted by Crippen LogP contribution is -2.34. The Labute approximate surface area is 153 Å². The van der Waals surface area contributed by atoms with Crippen molar-refractivity contribution in [1.82, 2.24) is 5.32 Å². The highest BCUT2D eigenvalue weighted by Gasteiger charge is 2.10. The maximum Gasteiger partial charge on any atom is 0.257 e. The summed E-state index contributed by atoms with van der Waals surface area (Å²) in [5, 5.41) is 6.36. The van der Waals surface area contributed by atoms with E-state index in [-0.39, 0.29) is 11.0 Å². The van der Waals surface area contributed by atoms with Crippen molar-refractivity contribution in [2.45, 2.75) is 13.8 Å². The second-order valence-electron chi connectivity index (χ2n) is 4.91. The zero-order chi connectivity index (χ0) is 16.3. The van der Waals surface area contributed by atoms with E-state index in [0.29, 0.717) is 16.3 Å². The number of thiocarbonyl (C=S) groups is 1. The summed E-state index contributed by atoms with van der Waals surface area (Å²) in [6.07, 6.45) is 0. The summed E-state index contributed by atoms with van der Waals surface area (Å²) in [7, 11) is 0. The fourth-order valence-electron chi connectivity index (χ4n) is 2.03. The van der Waals surface area contributed by atoms with Crippen LogP contribution in [0.1, 0.15) is 21.5 Å². The molecule has 22 heavy (non-hydrogen) atoms. The van der Waals surface area contributed by atoms with E-state index in [4.69, 9.17) is 23.8 Å². The van der Waals surface area contributed by atoms with Crippen molar-refractivity contribution in [2.24, 2.45) is 0 Å². The van der Waals surface area contributed by atoms with Crippen LogP contribution in [0.4, 0.5) is 5.69 Å². The van der Waals surface area contributed by atoms with E-state index in [9.17, 15) is 4.79 Å². The summed E-state index contributed by atoms with van der Waals surface area (Å²) in [6, 6.07) is 11.2. The summed E-state index contributed by atoms with van der Waals surface area (Å²) in [5.41, 5.74) is 3.30. The molecule has 2 aromatic carbocycles. The molecule has 0 aliphatic heterocycles. The van der Waals surface area contributed by atoms with Crippen molar-refractivity contribution in [1.29, 1.82) is 0 Å². The Morgan fingerprint density at radius 1 is 1.14 bits per heavy atom. The van der Waals surface area contributed by atoms with Crippen LogP contribution in [0.5, 0.6) is 0 Å². The van der Waals surface area contributed by atoms with E-state index < -0.39 is 0 Å². The lowest BCUT2D eigenvalue weighted by Gasteiger charge is -2.11. The first-order valence-corrected chi connectivity index (χ1v) is 8.37. The Bertz CT molecular complexity index is 729. The van der Waals surface area contributed by atoms with E-state index in [1.54, 1.807) is 0 Å². The topological polar surface area (TPSA) is 41.1 Å². The Kier molecular flexibility index (Phi) is 5.77. The number of carbonyl (C=O) groups excluding carboxylic acids is 1. The van der Waals surface area contributed by atoms with Gasteiger partial charge in [-0.3, -0.25) is 10.1 Å². The van der Waals surface area contributed by atoms with Crippen molar-refractivity contribution < 1.29 is 4.79 Å². The molecule has 3 nitrogen and oxygen atoms in total. The van der Waals surface area contributed by atoms with Crippen LogP contribution in [-0.4, -0.2) is 11.0 Å². The van der Waals surface area contributed by atoms with Gasteiger partial charge in [-0.1, -0.05) is 28.8 Å². The molecular formula is C16H14ClIN2OS. The molecule has 0 spiro atoms. The maximum absolute atomic E-state index is 12.2. The molecular weight excluding hydrogens is 431 g/mol. The molecule has 0 atom stereocenters. The zero-order valence-electron chi connectivity index (χ0n) is 12.0. The van der Waals surface area contributed by atoms with Crippen molar-refractivity contribution in [2.75, 3.05) is 5.32 Å². The second-order valence-corrected chi connectivity index (χ2v) is 6.97. The molecule has 0 bridgehead atoms. The lowest BCUT2D eigenvalue weighted by molar-refractivity contribution is 0.0977. The summed E-state index contributed by atoms with van der Waals surface area (Å²) < 4.78 is 1.03. The molecule has 0 saturated carbocycles. The van der Waals surface area contributed by atoms with Gasteiger partial charge >= 0.3 is 0 Å². The number of amides is 1. The van der Waals surface area contributed by atoms with Crippen LogP contribution in [0.2, 0.25) is 5.02 Å². The Morgan fingerprint density at radius 3 is 2.36 bits per heavy atom. The highest BCUT2D eigenvalue weighted by Crippen LogP contribution is 2.23. The smallest absolute Gasteiger partial charge is 0.257 e. The van der Waals surface area contributed by atoms with Crippen molar-refractivity contribution in [3.8, 4) is 0 Å². The Balaban J connectivity index is 2.06. The number of anilines is 1. The van der Waals surface area contributed by atoms with E-state index in [0.717, 1.165) is 14.7 Å². The molecule has 1 amide bonds. The van der Waals surface area contributed by atoms with Gasteiger partial charge in [-0.2, -0.15) is 0 Å². The van der Waals surface area contributed by atoms with E-state index in [1.165, 1.54) is 0 Å². The van der Waals surface area contributed by atoms with Crippen LogP contribution in [0.3, 0.4) is 0 Å². The second kappa shape index (κ2) is 7.39. The zero-order valence-corrected chi connectivity index (χ0v) is 15.8. The molecule has 0 fully saturated rings. The molecule has 2 rings (SSSR count). The van der Waals surface area contributed by atoms with Gasteiger partial charge in [-0.05, 0) is 79.0 Å². The minimum Gasteiger partial charge on any atom is -0.331 e. The highest BCUT2D eigenvalue weighted by atomic mass is 127. The summed E-state index contributed by atoms with van der Waals surface area (Å²) in [4.78, 5) is 12.2. The third-order valence-electron chi connectivity index (χ3n) is 2.89. The van der Waals surface area contributed by atoms with E-state index in [1.807, 2.05) is 50.2 Å². The van der Waals surface area contributed by atoms with Gasteiger partial charge < -0.3 is 5.32 Å². The molecule has 0 aliphatic carbocycles. The monoisotopic (exact) mass is 444 g/mol. The van der Waals surface area contributed by atoms with Crippen molar-refractivity contribution in [3.63, 3.8) is 0 Å². The third-order valence-corrected chi connectivity index (χ3v) is 4.08. The summed E-state index contributed by atoms with van der Waals surface area (Å²) in [6.45, 7) is 3.90. The van der Waals surface area contributed by atoms with Crippen LogP contribution in [0, 0.1) is 17.4 Å². The number of aryl methyl sites for hydroxylation is 2. The average Bonchev–Trinajstić information content (AvgIpc) is 2.40. The number of carbonyl (C=O) groups is 1.